The average molecular weight is 811 g/mol. The zero-order valence-electron chi connectivity index (χ0n) is 20.2. The van der Waals surface area contributed by atoms with Crippen LogP contribution in [0.25, 0.3) is 17.5 Å². The highest BCUT2D eigenvalue weighted by molar-refractivity contribution is 14.1. The summed E-state index contributed by atoms with van der Waals surface area (Å²) in [6.45, 7) is 0.256. The molecule has 0 saturated carbocycles. The number of thioether (sulfide) groups is 1. The van der Waals surface area contributed by atoms with Gasteiger partial charge in [-0.2, -0.15) is 0 Å². The van der Waals surface area contributed by atoms with Crippen LogP contribution in [0.3, 0.4) is 0 Å². The summed E-state index contributed by atoms with van der Waals surface area (Å²) in [6, 6.07) is 14.0. The van der Waals surface area contributed by atoms with E-state index >= 15 is 0 Å². The molecule has 0 unspecified atom stereocenters. The molecule has 1 heterocycles. The number of aromatic nitrogens is 2. The van der Waals surface area contributed by atoms with Crippen molar-refractivity contribution in [2.24, 2.45) is 0 Å². The minimum atomic E-state index is -1.13. The summed E-state index contributed by atoms with van der Waals surface area (Å²) < 4.78 is 23.9. The lowest BCUT2D eigenvalue weighted by molar-refractivity contribution is -0.131. The Morgan fingerprint density at radius 3 is 2.28 bits per heavy atom. The van der Waals surface area contributed by atoms with E-state index in [1.807, 2.05) is 18.2 Å². The van der Waals surface area contributed by atoms with Gasteiger partial charge in [0.25, 0.3) is 5.22 Å². The molecule has 4 aromatic rings. The number of hydrogen-bond acceptors (Lipinski definition) is 8. The minimum absolute atomic E-state index is 0.00152. The van der Waals surface area contributed by atoms with E-state index in [9.17, 15) is 9.90 Å². The highest BCUT2D eigenvalue weighted by atomic mass is 127. The molecule has 8 nitrogen and oxygen atoms in total. The molecule has 1 aromatic heterocycles. The fourth-order valence-electron chi connectivity index (χ4n) is 3.27. The van der Waals surface area contributed by atoms with Crippen LogP contribution in [-0.4, -0.2) is 35.5 Å². The molecule has 0 bridgehead atoms. The number of ether oxygens (including phenoxy) is 3. The van der Waals surface area contributed by atoms with E-state index in [2.05, 4.69) is 55.4 Å². The van der Waals surface area contributed by atoms with E-state index < -0.39 is 5.97 Å². The number of carboxylic acids is 1. The van der Waals surface area contributed by atoms with E-state index in [0.29, 0.717) is 38.4 Å². The van der Waals surface area contributed by atoms with Gasteiger partial charge in [0, 0.05) is 27.2 Å². The number of carboxylic acid groups (broad SMARTS) is 1. The van der Waals surface area contributed by atoms with Gasteiger partial charge in [-0.25, -0.2) is 4.79 Å². The maximum Gasteiger partial charge on any atom is 0.342 e. The van der Waals surface area contributed by atoms with Crippen LogP contribution in [0.1, 0.15) is 11.1 Å². The summed E-state index contributed by atoms with van der Waals surface area (Å²) in [5, 5.41) is 19.0. The van der Waals surface area contributed by atoms with Crippen molar-refractivity contribution in [2.75, 3.05) is 14.2 Å². The Morgan fingerprint density at radius 2 is 1.69 bits per heavy atom. The lowest BCUT2D eigenvalue weighted by Crippen LogP contribution is -2.01. The van der Waals surface area contributed by atoms with Gasteiger partial charge in [-0.3, -0.25) is 0 Å². The van der Waals surface area contributed by atoms with Crippen LogP contribution < -0.4 is 14.2 Å². The molecule has 13 heteroatoms. The average Bonchev–Trinajstić information content (AvgIpc) is 3.37. The Bertz CT molecular complexity index is 1520. The van der Waals surface area contributed by atoms with Gasteiger partial charge in [-0.05, 0) is 105 Å². The molecule has 0 amide bonds. The zero-order valence-corrected chi connectivity index (χ0v) is 26.8. The Morgan fingerprint density at radius 1 is 1.03 bits per heavy atom. The highest BCUT2D eigenvalue weighted by Gasteiger charge is 2.18. The molecule has 0 aliphatic heterocycles. The first-order chi connectivity index (χ1) is 18.7. The third-order valence-corrected chi connectivity index (χ3v) is 8.16. The van der Waals surface area contributed by atoms with Gasteiger partial charge >= 0.3 is 5.97 Å². The fourth-order valence-corrected chi connectivity index (χ4v) is 6.53. The van der Waals surface area contributed by atoms with Gasteiger partial charge in [-0.1, -0.05) is 29.3 Å². The van der Waals surface area contributed by atoms with Crippen molar-refractivity contribution in [2.45, 2.75) is 11.8 Å². The van der Waals surface area contributed by atoms with Crippen LogP contribution in [0.4, 0.5) is 0 Å². The molecule has 0 fully saturated rings. The second-order valence-corrected chi connectivity index (χ2v) is 11.9. The van der Waals surface area contributed by atoms with Crippen molar-refractivity contribution in [1.82, 2.24) is 10.2 Å². The van der Waals surface area contributed by atoms with Crippen molar-refractivity contribution < 1.29 is 28.5 Å². The number of rotatable bonds is 10. The summed E-state index contributed by atoms with van der Waals surface area (Å²) in [6.07, 6.45) is 1.54. The topological polar surface area (TPSA) is 104 Å². The van der Waals surface area contributed by atoms with Crippen LogP contribution >= 0.6 is 80.1 Å². The normalized spacial score (nSPS) is 11.4. The van der Waals surface area contributed by atoms with Crippen LogP contribution in [0.15, 0.2) is 63.1 Å². The SMILES string of the molecule is COc1cc(OC)cc(-c2nnc(S/C(=C\c3cc(I)c(OCc4ccc(Cl)cc4Cl)c(I)c3)C(=O)O)o2)c1. The summed E-state index contributed by atoms with van der Waals surface area (Å²) in [5.41, 5.74) is 2.04. The largest absolute Gasteiger partial charge is 0.497 e. The number of benzene rings is 3. The number of nitrogens with zero attached hydrogens (tertiary/aromatic N) is 2. The summed E-state index contributed by atoms with van der Waals surface area (Å²) in [4.78, 5) is 12.0. The maximum absolute atomic E-state index is 12.0. The molecule has 0 spiro atoms. The molecule has 0 radical (unpaired) electrons. The molecule has 4 rings (SSSR count). The number of carbonyl (C=O) groups is 1. The lowest BCUT2D eigenvalue weighted by Gasteiger charge is -2.13. The van der Waals surface area contributed by atoms with Gasteiger partial charge in [0.1, 0.15) is 28.8 Å². The van der Waals surface area contributed by atoms with Crippen molar-refractivity contribution in [3.8, 4) is 28.7 Å². The standard InChI is InChI=1S/C26H18Cl2I2N2O6S/c1-35-17-8-15(9-18(11-17)36-2)24-31-32-26(38-24)39-22(25(33)34)7-13-5-20(29)23(21(30)6-13)37-12-14-3-4-16(27)10-19(14)28/h3-11H,12H2,1-2H3,(H,33,34)/b22-7-. The Kier molecular flexibility index (Phi) is 10.3. The van der Waals surface area contributed by atoms with Crippen LogP contribution in [-0.2, 0) is 11.4 Å². The Balaban J connectivity index is 1.54. The summed E-state index contributed by atoms with van der Waals surface area (Å²) >= 11 is 17.4. The van der Waals surface area contributed by atoms with Crippen LogP contribution in [0, 0.1) is 7.14 Å². The third kappa shape index (κ3) is 7.72. The Hall–Kier alpha value is -2.20. The van der Waals surface area contributed by atoms with Crippen molar-refractivity contribution in [3.05, 3.63) is 81.7 Å². The zero-order chi connectivity index (χ0) is 28.1. The predicted octanol–water partition coefficient (Wildman–Crippen LogP) is 8.07. The monoisotopic (exact) mass is 810 g/mol. The predicted molar refractivity (Wildman–Crippen MR) is 167 cm³/mol. The molecule has 0 aliphatic carbocycles. The van der Waals surface area contributed by atoms with E-state index in [0.717, 1.165) is 24.5 Å². The highest BCUT2D eigenvalue weighted by Crippen LogP contribution is 2.35. The van der Waals surface area contributed by atoms with Crippen molar-refractivity contribution >= 4 is 92.2 Å². The van der Waals surface area contributed by atoms with Gasteiger partial charge < -0.3 is 23.7 Å². The van der Waals surface area contributed by atoms with Crippen LogP contribution in [0.2, 0.25) is 10.0 Å². The molecular formula is C26H18Cl2I2N2O6S. The number of hydrogen-bond donors (Lipinski definition) is 1. The minimum Gasteiger partial charge on any atom is -0.497 e. The molecule has 0 aliphatic rings. The first kappa shape index (κ1) is 29.8. The van der Waals surface area contributed by atoms with Gasteiger partial charge in [0.2, 0.25) is 5.89 Å². The van der Waals surface area contributed by atoms with Crippen LogP contribution in [0.5, 0.6) is 17.2 Å². The molecular weight excluding hydrogens is 793 g/mol. The smallest absolute Gasteiger partial charge is 0.342 e. The second-order valence-electron chi connectivity index (χ2n) is 7.73. The molecule has 0 atom stereocenters. The Labute approximate surface area is 265 Å². The van der Waals surface area contributed by atoms with Crippen molar-refractivity contribution in [1.29, 1.82) is 0 Å². The molecule has 0 saturated heterocycles. The molecule has 1 N–H and O–H groups in total. The van der Waals surface area contributed by atoms with Gasteiger partial charge in [-0.15, -0.1) is 10.2 Å². The van der Waals surface area contributed by atoms with E-state index in [1.165, 1.54) is 20.3 Å². The summed E-state index contributed by atoms with van der Waals surface area (Å²) in [5.74, 6) is 0.835. The molecule has 3 aromatic carbocycles. The van der Waals surface area contributed by atoms with Crippen molar-refractivity contribution in [3.63, 3.8) is 0 Å². The maximum atomic E-state index is 12.0. The second kappa shape index (κ2) is 13.4. The first-order valence-corrected chi connectivity index (χ1v) is 14.7. The number of aliphatic carboxylic acids is 1. The molecule has 39 heavy (non-hydrogen) atoms. The van der Waals surface area contributed by atoms with E-state index in [1.54, 1.807) is 30.3 Å². The van der Waals surface area contributed by atoms with E-state index in [-0.39, 0.29) is 22.6 Å². The van der Waals surface area contributed by atoms with Gasteiger partial charge in [0.05, 0.1) is 21.4 Å². The first-order valence-electron chi connectivity index (χ1n) is 10.9. The summed E-state index contributed by atoms with van der Waals surface area (Å²) in [7, 11) is 3.07. The van der Waals surface area contributed by atoms with E-state index in [4.69, 9.17) is 41.8 Å². The lowest BCUT2D eigenvalue weighted by atomic mass is 10.2. The number of methoxy groups -OCH3 is 2. The molecule has 202 valence electrons. The van der Waals surface area contributed by atoms with Gasteiger partial charge in [0.15, 0.2) is 0 Å². The quantitative estimate of drug-likeness (QED) is 0.0968. The third-order valence-electron chi connectivity index (χ3n) is 5.12. The number of halogens is 4. The fraction of sp³-hybridized carbons (Fsp3) is 0.115.